The highest BCUT2D eigenvalue weighted by Crippen LogP contribution is 2.23. The Morgan fingerprint density at radius 1 is 0.308 bits per heavy atom. The summed E-state index contributed by atoms with van der Waals surface area (Å²) in [5.74, 6) is 1.04. The first-order valence-electron chi connectivity index (χ1n) is 12.8. The van der Waals surface area contributed by atoms with E-state index in [4.69, 9.17) is 0 Å². The van der Waals surface area contributed by atoms with Crippen molar-refractivity contribution < 1.29 is 0 Å². The average molecular weight is 367 g/mol. The maximum atomic E-state index is 2.35. The quantitative estimate of drug-likeness (QED) is 0.167. The molecule has 0 N–H and O–H groups in total. The summed E-state index contributed by atoms with van der Waals surface area (Å²) in [5, 5.41) is 0. The molecular formula is C26H54. The van der Waals surface area contributed by atoms with Crippen LogP contribution in [0.4, 0.5) is 0 Å². The van der Waals surface area contributed by atoms with E-state index in [1.165, 1.54) is 141 Å². The van der Waals surface area contributed by atoms with Crippen LogP contribution in [0.15, 0.2) is 0 Å². The third kappa shape index (κ3) is 20.3. The molecule has 0 spiro atoms. The highest BCUT2D eigenvalue weighted by Gasteiger charge is 2.08. The van der Waals surface area contributed by atoms with Crippen LogP contribution < -0.4 is 0 Å². The van der Waals surface area contributed by atoms with Crippen molar-refractivity contribution in [2.75, 3.05) is 0 Å². The van der Waals surface area contributed by atoms with Crippen LogP contribution in [-0.4, -0.2) is 0 Å². The second kappa shape index (κ2) is 23.0. The molecule has 0 heteroatoms. The fourth-order valence-electron chi connectivity index (χ4n) is 4.24. The predicted molar refractivity (Wildman–Crippen MR) is 122 cm³/mol. The van der Waals surface area contributed by atoms with Gasteiger partial charge >= 0.3 is 0 Å². The van der Waals surface area contributed by atoms with E-state index in [2.05, 4.69) is 20.8 Å². The summed E-state index contributed by atoms with van der Waals surface area (Å²) >= 11 is 0. The smallest absolute Gasteiger partial charge is 0.0414 e. The molecule has 1 atom stereocenters. The SMILES string of the molecule is CCCCCCCCCCCCCCCC(CCCC)CCCCCC. The zero-order chi connectivity index (χ0) is 19.1. The topological polar surface area (TPSA) is 0 Å². The third-order valence-corrected chi connectivity index (χ3v) is 6.15. The van der Waals surface area contributed by atoms with Gasteiger partial charge in [0.25, 0.3) is 0 Å². The molecule has 0 fully saturated rings. The van der Waals surface area contributed by atoms with E-state index < -0.39 is 0 Å². The normalized spacial score (nSPS) is 12.6. The molecule has 0 aromatic rings. The van der Waals surface area contributed by atoms with Crippen molar-refractivity contribution in [1.29, 1.82) is 0 Å². The first kappa shape index (κ1) is 26.0. The van der Waals surface area contributed by atoms with Crippen LogP contribution in [0.2, 0.25) is 0 Å². The zero-order valence-corrected chi connectivity index (χ0v) is 19.1. The van der Waals surface area contributed by atoms with Gasteiger partial charge in [0, 0.05) is 0 Å². The number of rotatable bonds is 22. The van der Waals surface area contributed by atoms with E-state index in [9.17, 15) is 0 Å². The Hall–Kier alpha value is 0. The molecule has 1 unspecified atom stereocenters. The first-order chi connectivity index (χ1) is 12.8. The Kier molecular flexibility index (Phi) is 23.0. The largest absolute Gasteiger partial charge is 0.0654 e. The van der Waals surface area contributed by atoms with Crippen molar-refractivity contribution in [2.24, 2.45) is 5.92 Å². The number of hydrogen-bond acceptors (Lipinski definition) is 0. The molecule has 0 bridgehead atoms. The Morgan fingerprint density at radius 3 is 0.962 bits per heavy atom. The highest BCUT2D eigenvalue weighted by atomic mass is 14.1. The molecular weight excluding hydrogens is 312 g/mol. The molecule has 158 valence electrons. The first-order valence-corrected chi connectivity index (χ1v) is 12.8. The summed E-state index contributed by atoms with van der Waals surface area (Å²) in [5.41, 5.74) is 0. The summed E-state index contributed by atoms with van der Waals surface area (Å²) < 4.78 is 0. The lowest BCUT2D eigenvalue weighted by molar-refractivity contribution is 0.371. The van der Waals surface area contributed by atoms with Crippen LogP contribution in [0.5, 0.6) is 0 Å². The summed E-state index contributed by atoms with van der Waals surface area (Å²) in [4.78, 5) is 0. The van der Waals surface area contributed by atoms with Gasteiger partial charge in [0.2, 0.25) is 0 Å². The minimum atomic E-state index is 1.04. The van der Waals surface area contributed by atoms with Gasteiger partial charge in [0.15, 0.2) is 0 Å². The molecule has 0 radical (unpaired) electrons. The maximum absolute atomic E-state index is 2.35. The molecule has 0 aliphatic rings. The van der Waals surface area contributed by atoms with Gasteiger partial charge in [-0.3, -0.25) is 0 Å². The highest BCUT2D eigenvalue weighted by molar-refractivity contribution is 4.61. The summed E-state index contributed by atoms with van der Waals surface area (Å²) in [6.45, 7) is 6.97. The van der Waals surface area contributed by atoms with Crippen molar-refractivity contribution in [2.45, 2.75) is 162 Å². The molecule has 0 aromatic carbocycles. The van der Waals surface area contributed by atoms with Crippen LogP contribution >= 0.6 is 0 Å². The number of unbranched alkanes of at least 4 members (excludes halogenated alkanes) is 16. The van der Waals surface area contributed by atoms with E-state index in [1.807, 2.05) is 0 Å². The second-order valence-electron chi connectivity index (χ2n) is 8.89. The van der Waals surface area contributed by atoms with Gasteiger partial charge < -0.3 is 0 Å². The zero-order valence-electron chi connectivity index (χ0n) is 19.1. The van der Waals surface area contributed by atoms with Crippen molar-refractivity contribution in [3.63, 3.8) is 0 Å². The van der Waals surface area contributed by atoms with Crippen molar-refractivity contribution in [3.05, 3.63) is 0 Å². The van der Waals surface area contributed by atoms with Crippen molar-refractivity contribution in [3.8, 4) is 0 Å². The minimum absolute atomic E-state index is 1.04. The van der Waals surface area contributed by atoms with Crippen LogP contribution in [0.3, 0.4) is 0 Å². The van der Waals surface area contributed by atoms with Gasteiger partial charge in [0.05, 0.1) is 0 Å². The second-order valence-corrected chi connectivity index (χ2v) is 8.89. The minimum Gasteiger partial charge on any atom is -0.0654 e. The van der Waals surface area contributed by atoms with Gasteiger partial charge in [-0.1, -0.05) is 162 Å². The maximum Gasteiger partial charge on any atom is -0.0414 e. The molecule has 0 saturated heterocycles. The van der Waals surface area contributed by atoms with Gasteiger partial charge in [0.1, 0.15) is 0 Å². The van der Waals surface area contributed by atoms with Crippen LogP contribution in [0.1, 0.15) is 162 Å². The fraction of sp³-hybridized carbons (Fsp3) is 1.00. The number of hydrogen-bond donors (Lipinski definition) is 0. The molecule has 0 heterocycles. The Labute approximate surface area is 168 Å². The van der Waals surface area contributed by atoms with E-state index in [1.54, 1.807) is 0 Å². The van der Waals surface area contributed by atoms with Crippen LogP contribution in [0, 0.1) is 5.92 Å². The average Bonchev–Trinajstić information content (AvgIpc) is 2.66. The van der Waals surface area contributed by atoms with Crippen LogP contribution in [-0.2, 0) is 0 Å². The molecule has 0 aliphatic heterocycles. The molecule has 0 rings (SSSR count). The predicted octanol–water partition coefficient (Wildman–Crippen LogP) is 10.2. The monoisotopic (exact) mass is 366 g/mol. The third-order valence-electron chi connectivity index (χ3n) is 6.15. The molecule has 0 nitrogen and oxygen atoms in total. The van der Waals surface area contributed by atoms with E-state index in [0.717, 1.165) is 5.92 Å². The lowest BCUT2D eigenvalue weighted by Crippen LogP contribution is -2.01. The Balaban J connectivity index is 3.39. The molecule has 0 aliphatic carbocycles. The van der Waals surface area contributed by atoms with Crippen molar-refractivity contribution >= 4 is 0 Å². The van der Waals surface area contributed by atoms with Gasteiger partial charge in [-0.15, -0.1) is 0 Å². The van der Waals surface area contributed by atoms with E-state index in [0.29, 0.717) is 0 Å². The molecule has 26 heavy (non-hydrogen) atoms. The van der Waals surface area contributed by atoms with E-state index >= 15 is 0 Å². The van der Waals surface area contributed by atoms with Gasteiger partial charge in [-0.2, -0.15) is 0 Å². The Bertz CT molecular complexity index is 232. The fourth-order valence-corrected chi connectivity index (χ4v) is 4.24. The molecule has 0 saturated carbocycles. The molecule has 0 amide bonds. The van der Waals surface area contributed by atoms with Gasteiger partial charge in [-0.05, 0) is 5.92 Å². The lowest BCUT2D eigenvalue weighted by atomic mass is 9.90. The lowest BCUT2D eigenvalue weighted by Gasteiger charge is -2.16. The summed E-state index contributed by atoms with van der Waals surface area (Å²) in [6, 6.07) is 0. The summed E-state index contributed by atoms with van der Waals surface area (Å²) in [7, 11) is 0. The Morgan fingerprint density at radius 2 is 0.577 bits per heavy atom. The molecule has 0 aromatic heterocycles. The van der Waals surface area contributed by atoms with Crippen molar-refractivity contribution in [1.82, 2.24) is 0 Å². The van der Waals surface area contributed by atoms with E-state index in [-0.39, 0.29) is 0 Å². The summed E-state index contributed by atoms with van der Waals surface area (Å²) in [6.07, 6.45) is 32.3. The van der Waals surface area contributed by atoms with Crippen LogP contribution in [0.25, 0.3) is 0 Å². The standard InChI is InChI=1S/C26H54/c1-4-7-10-12-13-14-15-16-17-18-19-20-22-25-26(23-9-6-3)24-21-11-8-5-2/h26H,4-25H2,1-3H3. The van der Waals surface area contributed by atoms with Gasteiger partial charge in [-0.25, -0.2) is 0 Å².